The van der Waals surface area contributed by atoms with Crippen LogP contribution >= 0.6 is 0 Å². The fourth-order valence-electron chi connectivity index (χ4n) is 2.68. The number of carbonyl (C=O) groups excluding carboxylic acids is 2. The number of amides is 2. The molecule has 106 valence electrons. The zero-order valence-corrected chi connectivity index (χ0v) is 11.4. The van der Waals surface area contributed by atoms with Gasteiger partial charge in [-0.15, -0.1) is 0 Å². The Balaban J connectivity index is 1.93. The molecular formula is C15H17FN2O2. The molecule has 0 radical (unpaired) electrons. The van der Waals surface area contributed by atoms with Gasteiger partial charge in [0.15, 0.2) is 0 Å². The Hall–Kier alpha value is -1.91. The number of nitrogens with one attached hydrogen (secondary N) is 1. The van der Waals surface area contributed by atoms with Crippen molar-refractivity contribution in [3.8, 4) is 0 Å². The number of hydrogen-bond donors (Lipinski definition) is 1. The topological polar surface area (TPSA) is 49.4 Å². The van der Waals surface area contributed by atoms with Gasteiger partial charge in [0.1, 0.15) is 11.9 Å². The van der Waals surface area contributed by atoms with Gasteiger partial charge in [0, 0.05) is 18.7 Å². The quantitative estimate of drug-likeness (QED) is 0.895. The predicted molar refractivity (Wildman–Crippen MR) is 72.8 cm³/mol. The average molecular weight is 276 g/mol. The van der Waals surface area contributed by atoms with Crippen LogP contribution in [0.5, 0.6) is 0 Å². The molecule has 1 unspecified atom stereocenters. The van der Waals surface area contributed by atoms with Gasteiger partial charge in [-0.05, 0) is 49.4 Å². The van der Waals surface area contributed by atoms with Crippen LogP contribution in [0.25, 0.3) is 0 Å². The third-order valence-electron chi connectivity index (χ3n) is 3.84. The minimum absolute atomic E-state index is 0.106. The van der Waals surface area contributed by atoms with Crippen molar-refractivity contribution in [3.05, 3.63) is 29.6 Å². The Morgan fingerprint density at radius 3 is 2.65 bits per heavy atom. The summed E-state index contributed by atoms with van der Waals surface area (Å²) in [5.74, 6) is -0.352. The second kappa shape index (κ2) is 4.89. The summed E-state index contributed by atoms with van der Waals surface area (Å²) in [5, 5.41) is 2.80. The van der Waals surface area contributed by atoms with E-state index in [2.05, 4.69) is 5.32 Å². The van der Waals surface area contributed by atoms with Crippen LogP contribution in [0.4, 0.5) is 10.1 Å². The minimum atomic E-state index is -0.450. The first-order valence-electron chi connectivity index (χ1n) is 6.92. The van der Waals surface area contributed by atoms with Crippen LogP contribution in [0, 0.1) is 18.7 Å². The highest BCUT2D eigenvalue weighted by Crippen LogP contribution is 2.35. The maximum atomic E-state index is 13.5. The fourth-order valence-corrected chi connectivity index (χ4v) is 2.68. The molecule has 2 aliphatic rings. The highest BCUT2D eigenvalue weighted by atomic mass is 19.1. The number of hydrogen-bond acceptors (Lipinski definition) is 2. The van der Waals surface area contributed by atoms with Crippen LogP contribution in [0.1, 0.15) is 24.8 Å². The van der Waals surface area contributed by atoms with E-state index in [9.17, 15) is 14.0 Å². The van der Waals surface area contributed by atoms with Gasteiger partial charge in [-0.25, -0.2) is 4.39 Å². The molecule has 0 spiro atoms. The third kappa shape index (κ3) is 2.53. The summed E-state index contributed by atoms with van der Waals surface area (Å²) in [6.45, 7) is 2.09. The van der Waals surface area contributed by atoms with Gasteiger partial charge in [-0.1, -0.05) is 0 Å². The van der Waals surface area contributed by atoms with Crippen LogP contribution in [0.15, 0.2) is 18.2 Å². The summed E-state index contributed by atoms with van der Waals surface area (Å²) in [7, 11) is 0. The molecule has 4 nitrogen and oxygen atoms in total. The maximum Gasteiger partial charge on any atom is 0.249 e. The summed E-state index contributed by atoms with van der Waals surface area (Å²) in [6.07, 6.45) is 2.18. The van der Waals surface area contributed by atoms with E-state index in [0.717, 1.165) is 18.4 Å². The Morgan fingerprint density at radius 1 is 1.25 bits per heavy atom. The highest BCUT2D eigenvalue weighted by molar-refractivity contribution is 6.01. The van der Waals surface area contributed by atoms with Crippen molar-refractivity contribution in [2.75, 3.05) is 11.4 Å². The normalized spacial score (nSPS) is 23.5. The number of nitrogens with zero attached hydrogens (tertiary/aromatic N) is 1. The molecular weight excluding hydrogens is 259 g/mol. The molecule has 1 heterocycles. The molecule has 1 saturated carbocycles. The molecule has 1 aliphatic carbocycles. The molecule has 3 rings (SSSR count). The molecule has 0 aromatic heterocycles. The second-order valence-corrected chi connectivity index (χ2v) is 5.61. The van der Waals surface area contributed by atoms with E-state index in [1.165, 1.54) is 17.0 Å². The number of anilines is 1. The molecule has 1 saturated heterocycles. The van der Waals surface area contributed by atoms with E-state index in [4.69, 9.17) is 0 Å². The van der Waals surface area contributed by atoms with Gasteiger partial charge >= 0.3 is 0 Å². The molecule has 1 aliphatic heterocycles. The zero-order chi connectivity index (χ0) is 14.3. The largest absolute Gasteiger partial charge is 0.344 e. The van der Waals surface area contributed by atoms with Crippen molar-refractivity contribution < 1.29 is 14.0 Å². The van der Waals surface area contributed by atoms with Crippen molar-refractivity contribution >= 4 is 17.5 Å². The van der Waals surface area contributed by atoms with Crippen molar-refractivity contribution in [2.45, 2.75) is 32.2 Å². The van der Waals surface area contributed by atoms with E-state index in [0.29, 0.717) is 12.2 Å². The van der Waals surface area contributed by atoms with Crippen molar-refractivity contribution in [2.24, 2.45) is 5.92 Å². The molecule has 0 bridgehead atoms. The fraction of sp³-hybridized carbons (Fsp3) is 0.467. The lowest BCUT2D eigenvalue weighted by molar-refractivity contribution is -0.126. The van der Waals surface area contributed by atoms with E-state index in [-0.39, 0.29) is 30.0 Å². The highest BCUT2D eigenvalue weighted by Gasteiger charge is 2.41. The summed E-state index contributed by atoms with van der Waals surface area (Å²) >= 11 is 0. The summed E-state index contributed by atoms with van der Waals surface area (Å²) in [6, 6.07) is 4.10. The van der Waals surface area contributed by atoms with Crippen molar-refractivity contribution in [1.82, 2.24) is 5.32 Å². The van der Waals surface area contributed by atoms with Gasteiger partial charge < -0.3 is 10.2 Å². The monoisotopic (exact) mass is 276 g/mol. The van der Waals surface area contributed by atoms with E-state index in [1.54, 1.807) is 13.0 Å². The standard InChI is InChI=1S/C15H17FN2O2/c1-9-6-11(16)8-12(7-9)18-5-4-13(19)17-14(15(18)20)10-2-3-10/h6-8,10,14H,2-5H2,1H3,(H,17,19). The SMILES string of the molecule is Cc1cc(F)cc(N2CCC(=O)NC(C3CC3)C2=O)c1. The van der Waals surface area contributed by atoms with Gasteiger partial charge in [-0.2, -0.15) is 0 Å². The van der Waals surface area contributed by atoms with Crippen LogP contribution in [-0.4, -0.2) is 24.4 Å². The molecule has 1 N–H and O–H groups in total. The number of aryl methyl sites for hydroxylation is 1. The lowest BCUT2D eigenvalue weighted by atomic mass is 10.1. The molecule has 2 amide bonds. The van der Waals surface area contributed by atoms with Gasteiger partial charge in [0.2, 0.25) is 11.8 Å². The van der Waals surface area contributed by atoms with Crippen LogP contribution in [0.2, 0.25) is 0 Å². The number of halogens is 1. The number of carbonyl (C=O) groups is 2. The van der Waals surface area contributed by atoms with Crippen LogP contribution < -0.4 is 10.2 Å². The first-order valence-corrected chi connectivity index (χ1v) is 6.92. The van der Waals surface area contributed by atoms with Crippen LogP contribution in [0.3, 0.4) is 0 Å². The molecule has 1 atom stereocenters. The average Bonchev–Trinajstić information content (AvgIpc) is 3.18. The lowest BCUT2D eigenvalue weighted by Gasteiger charge is -2.24. The Kier molecular flexibility index (Phi) is 3.20. The molecule has 1 aromatic rings. The smallest absolute Gasteiger partial charge is 0.249 e. The number of benzene rings is 1. The molecule has 2 fully saturated rings. The lowest BCUT2D eigenvalue weighted by Crippen LogP contribution is -2.46. The zero-order valence-electron chi connectivity index (χ0n) is 11.4. The Labute approximate surface area is 117 Å². The summed E-state index contributed by atoms with van der Waals surface area (Å²) < 4.78 is 13.5. The summed E-state index contributed by atoms with van der Waals surface area (Å²) in [4.78, 5) is 25.8. The van der Waals surface area contributed by atoms with Crippen LogP contribution in [-0.2, 0) is 9.59 Å². The molecule has 20 heavy (non-hydrogen) atoms. The molecule has 5 heteroatoms. The third-order valence-corrected chi connectivity index (χ3v) is 3.84. The van der Waals surface area contributed by atoms with Crippen molar-refractivity contribution in [1.29, 1.82) is 0 Å². The Morgan fingerprint density at radius 2 is 2.00 bits per heavy atom. The summed E-state index contributed by atoms with van der Waals surface area (Å²) in [5.41, 5.74) is 1.30. The molecule has 1 aromatic carbocycles. The van der Waals surface area contributed by atoms with E-state index < -0.39 is 6.04 Å². The van der Waals surface area contributed by atoms with Gasteiger partial charge in [0.25, 0.3) is 0 Å². The van der Waals surface area contributed by atoms with Gasteiger partial charge in [-0.3, -0.25) is 9.59 Å². The number of rotatable bonds is 2. The second-order valence-electron chi connectivity index (χ2n) is 5.61. The van der Waals surface area contributed by atoms with E-state index in [1.807, 2.05) is 0 Å². The van der Waals surface area contributed by atoms with Gasteiger partial charge in [0.05, 0.1) is 0 Å². The minimum Gasteiger partial charge on any atom is -0.344 e. The Bertz CT molecular complexity index is 549. The predicted octanol–water partition coefficient (Wildman–Crippen LogP) is 1.77. The van der Waals surface area contributed by atoms with E-state index >= 15 is 0 Å². The first kappa shape index (κ1) is 13.1. The first-order chi connectivity index (χ1) is 9.54. The van der Waals surface area contributed by atoms with Crippen molar-refractivity contribution in [3.63, 3.8) is 0 Å². The maximum absolute atomic E-state index is 13.5.